The van der Waals surface area contributed by atoms with Gasteiger partial charge in [0.1, 0.15) is 5.82 Å². The maximum absolute atomic E-state index is 11.0. The van der Waals surface area contributed by atoms with Crippen molar-refractivity contribution in [1.82, 2.24) is 19.7 Å². The van der Waals surface area contributed by atoms with Crippen LogP contribution in [0.4, 0.5) is 5.69 Å². The number of fused-ring (bicyclic) bond motifs is 1. The summed E-state index contributed by atoms with van der Waals surface area (Å²) >= 11 is 0. The lowest BCUT2D eigenvalue weighted by Gasteiger charge is -2.06. The Labute approximate surface area is 177 Å². The minimum atomic E-state index is -0.410. The Morgan fingerprint density at radius 1 is 0.867 bits per heavy atom. The van der Waals surface area contributed by atoms with Gasteiger partial charge in [0.05, 0.1) is 21.7 Å². The maximum Gasteiger partial charge on any atom is 0.269 e. The van der Waals surface area contributed by atoms with Crippen molar-refractivity contribution in [2.75, 3.05) is 0 Å². The second kappa shape index (κ2) is 7.81. The Hall–Kier alpha value is -3.97. The van der Waals surface area contributed by atoms with Gasteiger partial charge in [0.2, 0.25) is 0 Å². The lowest BCUT2D eigenvalue weighted by atomic mass is 10.1. The van der Waals surface area contributed by atoms with Crippen LogP contribution in [0.5, 0.6) is 0 Å². The fraction of sp³-hybridized carbons (Fsp3) is 0. The zero-order valence-corrected chi connectivity index (χ0v) is 16.4. The second-order valence-corrected chi connectivity index (χ2v) is 6.57. The highest BCUT2D eigenvalue weighted by atomic mass is 35.5. The molecule has 5 aromatic rings. The first-order valence-corrected chi connectivity index (χ1v) is 9.04. The van der Waals surface area contributed by atoms with Crippen molar-refractivity contribution in [2.45, 2.75) is 0 Å². The number of hydrogen-bond donors (Lipinski definition) is 1. The van der Waals surface area contributed by atoms with Crippen molar-refractivity contribution in [2.24, 2.45) is 0 Å². The highest BCUT2D eigenvalue weighted by Crippen LogP contribution is 2.30. The lowest BCUT2D eigenvalue weighted by Crippen LogP contribution is -1.98. The van der Waals surface area contributed by atoms with Crippen LogP contribution in [0.15, 0.2) is 84.9 Å². The molecule has 0 aliphatic carbocycles. The average molecular weight is 418 g/mol. The van der Waals surface area contributed by atoms with E-state index < -0.39 is 4.92 Å². The van der Waals surface area contributed by atoms with Gasteiger partial charge in [-0.2, -0.15) is 5.10 Å². The molecule has 0 aliphatic rings. The Morgan fingerprint density at radius 3 is 2.30 bits per heavy atom. The van der Waals surface area contributed by atoms with Crippen LogP contribution in [0.25, 0.3) is 39.5 Å². The molecule has 0 amide bonds. The van der Waals surface area contributed by atoms with E-state index in [0.29, 0.717) is 11.6 Å². The number of aromatic amines is 1. The summed E-state index contributed by atoms with van der Waals surface area (Å²) < 4.78 is 1.96. The number of non-ortho nitro benzene ring substituents is 1. The molecule has 7 nitrogen and oxygen atoms in total. The minimum absolute atomic E-state index is 0. The number of imidazole rings is 1. The number of aromatic nitrogens is 4. The van der Waals surface area contributed by atoms with E-state index in [1.807, 2.05) is 65.2 Å². The van der Waals surface area contributed by atoms with Gasteiger partial charge in [0.15, 0.2) is 5.82 Å². The molecule has 5 rings (SSSR count). The summed E-state index contributed by atoms with van der Waals surface area (Å²) in [5.74, 6) is 1.37. The van der Waals surface area contributed by atoms with E-state index in [1.54, 1.807) is 12.1 Å². The van der Waals surface area contributed by atoms with E-state index in [4.69, 9.17) is 4.98 Å². The van der Waals surface area contributed by atoms with Crippen LogP contribution in [0.2, 0.25) is 0 Å². The number of nitro benzene ring substituents is 1. The molecule has 148 valence electrons. The van der Waals surface area contributed by atoms with Crippen LogP contribution in [-0.2, 0) is 0 Å². The zero-order valence-electron chi connectivity index (χ0n) is 15.6. The number of nitrogens with zero attached hydrogens (tertiary/aromatic N) is 4. The molecule has 0 saturated heterocycles. The topological polar surface area (TPSA) is 89.6 Å². The quantitative estimate of drug-likeness (QED) is 0.312. The van der Waals surface area contributed by atoms with Gasteiger partial charge < -0.3 is 0 Å². The molecule has 0 aliphatic heterocycles. The molecule has 0 spiro atoms. The van der Waals surface area contributed by atoms with Gasteiger partial charge in [-0.3, -0.25) is 19.8 Å². The summed E-state index contributed by atoms with van der Waals surface area (Å²) in [6, 6.07) is 26.1. The summed E-state index contributed by atoms with van der Waals surface area (Å²) in [6.07, 6.45) is 0. The van der Waals surface area contributed by atoms with E-state index in [0.717, 1.165) is 27.9 Å². The van der Waals surface area contributed by atoms with Crippen LogP contribution in [0, 0.1) is 10.1 Å². The van der Waals surface area contributed by atoms with Crippen LogP contribution in [0.3, 0.4) is 0 Å². The molecule has 8 heteroatoms. The first kappa shape index (κ1) is 19.4. The number of H-pyrrole nitrogens is 1. The fourth-order valence-corrected chi connectivity index (χ4v) is 3.38. The van der Waals surface area contributed by atoms with Crippen LogP contribution in [-0.4, -0.2) is 24.7 Å². The number of nitro groups is 1. The van der Waals surface area contributed by atoms with Gasteiger partial charge in [-0.05, 0) is 29.8 Å². The highest BCUT2D eigenvalue weighted by molar-refractivity contribution is 5.85. The molecule has 30 heavy (non-hydrogen) atoms. The van der Waals surface area contributed by atoms with Crippen LogP contribution >= 0.6 is 12.4 Å². The van der Waals surface area contributed by atoms with Gasteiger partial charge in [0.25, 0.3) is 5.69 Å². The molecule has 0 unspecified atom stereocenters. The molecule has 3 aromatic carbocycles. The Balaban J connectivity index is 0.00000218. The third-order valence-electron chi connectivity index (χ3n) is 4.78. The molecule has 1 N–H and O–H groups in total. The molecule has 2 heterocycles. The predicted molar refractivity (Wildman–Crippen MR) is 118 cm³/mol. The average Bonchev–Trinajstić information content (AvgIpc) is 3.39. The number of halogens is 1. The summed E-state index contributed by atoms with van der Waals surface area (Å²) in [4.78, 5) is 15.3. The second-order valence-electron chi connectivity index (χ2n) is 6.57. The number of nitrogens with one attached hydrogen (secondary N) is 1. The van der Waals surface area contributed by atoms with Crippen LogP contribution in [0.1, 0.15) is 0 Å². The number of benzene rings is 3. The zero-order chi connectivity index (χ0) is 19.8. The molecule has 0 atom stereocenters. The summed E-state index contributed by atoms with van der Waals surface area (Å²) in [5.41, 5.74) is 4.48. The number of rotatable bonds is 4. The van der Waals surface area contributed by atoms with Gasteiger partial charge in [-0.1, -0.05) is 42.5 Å². The predicted octanol–water partition coefficient (Wildman–Crippen LogP) is 5.41. The monoisotopic (exact) mass is 417 g/mol. The molecular weight excluding hydrogens is 402 g/mol. The first-order valence-electron chi connectivity index (χ1n) is 9.04. The van der Waals surface area contributed by atoms with Crippen molar-refractivity contribution in [3.63, 3.8) is 0 Å². The normalized spacial score (nSPS) is 10.7. The molecule has 0 radical (unpaired) electrons. The summed E-state index contributed by atoms with van der Waals surface area (Å²) in [5, 5.41) is 18.6. The van der Waals surface area contributed by atoms with Crippen molar-refractivity contribution in [1.29, 1.82) is 0 Å². The van der Waals surface area contributed by atoms with Gasteiger partial charge in [-0.25, -0.2) is 4.98 Å². The summed E-state index contributed by atoms with van der Waals surface area (Å²) in [7, 11) is 0. The molecular formula is C22H16ClN5O2. The van der Waals surface area contributed by atoms with Crippen LogP contribution < -0.4 is 0 Å². The Kier molecular flexibility index (Phi) is 5.04. The van der Waals surface area contributed by atoms with Crippen molar-refractivity contribution in [3.05, 3.63) is 95.0 Å². The standard InChI is InChI=1S/C22H15N5O2.ClH/c28-27(29)17-12-10-16(11-13-17)22-23-18-8-4-5-9-20(18)26(22)21-14-19(24-25-21)15-6-2-1-3-7-15;/h1-14H,(H,24,25);1H. The first-order chi connectivity index (χ1) is 14.2. The molecule has 0 bridgehead atoms. The number of hydrogen-bond acceptors (Lipinski definition) is 4. The smallest absolute Gasteiger partial charge is 0.269 e. The Bertz CT molecular complexity index is 1330. The SMILES string of the molecule is Cl.O=[N+]([O-])c1ccc(-c2nc3ccccc3n2-c2cc(-c3ccccc3)[nH]n2)cc1. The third kappa shape index (κ3) is 3.31. The highest BCUT2D eigenvalue weighted by Gasteiger charge is 2.17. The van der Waals surface area contributed by atoms with Crippen molar-refractivity contribution in [3.8, 4) is 28.5 Å². The lowest BCUT2D eigenvalue weighted by molar-refractivity contribution is -0.384. The maximum atomic E-state index is 11.0. The van der Waals surface area contributed by atoms with Crippen molar-refractivity contribution < 1.29 is 4.92 Å². The molecule has 2 aromatic heterocycles. The van der Waals surface area contributed by atoms with Gasteiger partial charge in [-0.15, -0.1) is 12.4 Å². The van der Waals surface area contributed by atoms with Crippen molar-refractivity contribution >= 4 is 29.1 Å². The minimum Gasteiger partial charge on any atom is -0.276 e. The third-order valence-corrected chi connectivity index (χ3v) is 4.78. The number of para-hydroxylation sites is 2. The van der Waals surface area contributed by atoms with E-state index in [2.05, 4.69) is 10.2 Å². The fourth-order valence-electron chi connectivity index (χ4n) is 3.38. The molecule has 0 fully saturated rings. The van der Waals surface area contributed by atoms with E-state index in [-0.39, 0.29) is 18.1 Å². The Morgan fingerprint density at radius 2 is 1.57 bits per heavy atom. The molecule has 0 saturated carbocycles. The van der Waals surface area contributed by atoms with Gasteiger partial charge >= 0.3 is 0 Å². The van der Waals surface area contributed by atoms with Gasteiger partial charge in [0, 0.05) is 23.8 Å². The van der Waals surface area contributed by atoms with E-state index in [9.17, 15) is 10.1 Å². The largest absolute Gasteiger partial charge is 0.276 e. The summed E-state index contributed by atoms with van der Waals surface area (Å²) in [6.45, 7) is 0. The van der Waals surface area contributed by atoms with E-state index in [1.165, 1.54) is 12.1 Å². The van der Waals surface area contributed by atoms with E-state index >= 15 is 0 Å².